The number of benzene rings is 2. The summed E-state index contributed by atoms with van der Waals surface area (Å²) in [6.07, 6.45) is 8.45. The van der Waals surface area contributed by atoms with E-state index in [-0.39, 0.29) is 16.6 Å². The molecular formula is C31H41FN4O2S. The predicted octanol–water partition coefficient (Wildman–Crippen LogP) is 5.61. The highest BCUT2D eigenvalue weighted by molar-refractivity contribution is 7.90. The van der Waals surface area contributed by atoms with Crippen LogP contribution in [-0.4, -0.2) is 71.8 Å². The fourth-order valence-corrected chi connectivity index (χ4v) is 8.17. The minimum atomic E-state index is -3.27. The van der Waals surface area contributed by atoms with Crippen LogP contribution < -0.4 is 0 Å². The third-order valence-electron chi connectivity index (χ3n) is 9.47. The van der Waals surface area contributed by atoms with Crippen molar-refractivity contribution in [2.75, 3.05) is 25.9 Å². The maximum atomic E-state index is 16.0. The van der Waals surface area contributed by atoms with Crippen LogP contribution in [0.15, 0.2) is 41.3 Å². The lowest BCUT2D eigenvalue weighted by molar-refractivity contribution is 0.0402. The van der Waals surface area contributed by atoms with Crippen molar-refractivity contribution in [3.05, 3.63) is 47.8 Å². The summed E-state index contributed by atoms with van der Waals surface area (Å²) in [5, 5.41) is 0. The molecular weight excluding hydrogens is 511 g/mol. The average molecular weight is 553 g/mol. The van der Waals surface area contributed by atoms with Gasteiger partial charge in [0.25, 0.3) is 0 Å². The molecule has 4 heterocycles. The van der Waals surface area contributed by atoms with E-state index in [1.165, 1.54) is 38.5 Å². The summed E-state index contributed by atoms with van der Waals surface area (Å²) >= 11 is 0. The maximum Gasteiger partial charge on any atom is 0.175 e. The van der Waals surface area contributed by atoms with Gasteiger partial charge in [0.05, 0.1) is 10.4 Å². The zero-order valence-corrected chi connectivity index (χ0v) is 24.4. The van der Waals surface area contributed by atoms with E-state index in [1.54, 1.807) is 28.8 Å². The Morgan fingerprint density at radius 2 is 1.59 bits per heavy atom. The van der Waals surface area contributed by atoms with E-state index in [2.05, 4.69) is 23.6 Å². The summed E-state index contributed by atoms with van der Waals surface area (Å²) in [6, 6.07) is 12.7. The molecule has 210 valence electrons. The minimum absolute atomic E-state index is 0.167. The minimum Gasteiger partial charge on any atom is -0.325 e. The van der Waals surface area contributed by atoms with Gasteiger partial charge in [0.1, 0.15) is 11.3 Å². The molecule has 2 bridgehead atoms. The Morgan fingerprint density at radius 3 is 2.18 bits per heavy atom. The first-order valence-corrected chi connectivity index (χ1v) is 16.4. The first-order chi connectivity index (χ1) is 18.6. The highest BCUT2D eigenvalue weighted by atomic mass is 32.2. The molecule has 3 fully saturated rings. The summed E-state index contributed by atoms with van der Waals surface area (Å²) in [5.41, 5.74) is 2.72. The Hall–Kier alpha value is -2.29. The molecule has 6 nitrogen and oxygen atoms in total. The van der Waals surface area contributed by atoms with Gasteiger partial charge < -0.3 is 9.47 Å². The predicted molar refractivity (Wildman–Crippen MR) is 154 cm³/mol. The summed E-state index contributed by atoms with van der Waals surface area (Å²) in [5.74, 6) is 1.41. The Kier molecular flexibility index (Phi) is 7.09. The fourth-order valence-electron chi connectivity index (χ4n) is 7.54. The lowest BCUT2D eigenvalue weighted by Gasteiger charge is -2.46. The zero-order valence-electron chi connectivity index (χ0n) is 23.6. The molecule has 8 heteroatoms. The number of fused-ring (bicyclic) bond motifs is 3. The van der Waals surface area contributed by atoms with Crippen molar-refractivity contribution in [2.45, 2.75) is 81.3 Å². The second-order valence-corrected chi connectivity index (χ2v) is 14.6. The van der Waals surface area contributed by atoms with Crippen LogP contribution in [0.25, 0.3) is 22.4 Å². The number of aromatic nitrogens is 2. The molecule has 2 aromatic carbocycles. The van der Waals surface area contributed by atoms with Crippen LogP contribution in [-0.2, 0) is 16.9 Å². The Balaban J connectivity index is 1.16. The van der Waals surface area contributed by atoms with Gasteiger partial charge in [-0.2, -0.15) is 0 Å². The first kappa shape index (κ1) is 26.9. The summed E-state index contributed by atoms with van der Waals surface area (Å²) < 4.78 is 41.5. The smallest absolute Gasteiger partial charge is 0.175 e. The summed E-state index contributed by atoms with van der Waals surface area (Å²) in [6.45, 7) is 7.97. The highest BCUT2D eigenvalue weighted by Gasteiger charge is 2.43. The zero-order chi connectivity index (χ0) is 27.5. The quantitative estimate of drug-likeness (QED) is 0.398. The molecule has 0 aliphatic carbocycles. The van der Waals surface area contributed by atoms with E-state index in [1.807, 2.05) is 19.2 Å². The van der Waals surface area contributed by atoms with Crippen molar-refractivity contribution >= 4 is 20.9 Å². The van der Waals surface area contributed by atoms with Crippen molar-refractivity contribution in [3.8, 4) is 11.4 Å². The second-order valence-electron chi connectivity index (χ2n) is 12.5. The lowest BCUT2D eigenvalue weighted by atomic mass is 9.86. The van der Waals surface area contributed by atoms with Crippen LogP contribution in [0.5, 0.6) is 0 Å². The number of piperidine rings is 2. The monoisotopic (exact) mass is 552 g/mol. The van der Waals surface area contributed by atoms with E-state index in [0.717, 1.165) is 55.1 Å². The van der Waals surface area contributed by atoms with Crippen molar-refractivity contribution < 1.29 is 12.8 Å². The molecule has 3 aliphatic rings. The number of nitrogens with zero attached hydrogens (tertiary/aromatic N) is 4. The normalized spacial score (nSPS) is 25.2. The second kappa shape index (κ2) is 10.3. The molecule has 3 saturated heterocycles. The van der Waals surface area contributed by atoms with E-state index in [0.29, 0.717) is 22.9 Å². The van der Waals surface area contributed by atoms with E-state index in [9.17, 15) is 8.42 Å². The average Bonchev–Trinajstić information content (AvgIpc) is 3.34. The van der Waals surface area contributed by atoms with Gasteiger partial charge in [0.15, 0.2) is 15.7 Å². The van der Waals surface area contributed by atoms with Crippen LogP contribution in [0.4, 0.5) is 4.39 Å². The largest absolute Gasteiger partial charge is 0.325 e. The standard InChI is InChI=1S/C31H41FN4O2S/c1-20(2)19-36-23-7-8-24(36)18-25(17-23)35-15-13-21(14-16-35)27-11-12-28-30(29(27)32)34(3)31(33-28)22-5-9-26(10-6-22)39(4,37)38/h5-6,9-12,20-21,23-25H,7-8,13-19H2,1-4H3. The number of halogens is 1. The number of rotatable bonds is 6. The van der Waals surface area contributed by atoms with Gasteiger partial charge in [0.2, 0.25) is 0 Å². The summed E-state index contributed by atoms with van der Waals surface area (Å²) in [7, 11) is -1.44. The molecule has 3 aliphatic heterocycles. The van der Waals surface area contributed by atoms with Crippen molar-refractivity contribution in [1.29, 1.82) is 0 Å². The van der Waals surface area contributed by atoms with E-state index < -0.39 is 9.84 Å². The number of imidazole rings is 1. The number of hydrogen-bond acceptors (Lipinski definition) is 5. The van der Waals surface area contributed by atoms with Crippen LogP contribution in [0.3, 0.4) is 0 Å². The van der Waals surface area contributed by atoms with Gasteiger partial charge in [-0.25, -0.2) is 17.8 Å². The van der Waals surface area contributed by atoms with Gasteiger partial charge in [-0.15, -0.1) is 0 Å². The highest BCUT2D eigenvalue weighted by Crippen LogP contribution is 2.40. The van der Waals surface area contributed by atoms with Gasteiger partial charge >= 0.3 is 0 Å². The van der Waals surface area contributed by atoms with Gasteiger partial charge in [-0.3, -0.25) is 4.90 Å². The Morgan fingerprint density at radius 1 is 0.949 bits per heavy atom. The molecule has 0 radical (unpaired) electrons. The molecule has 0 spiro atoms. The van der Waals surface area contributed by atoms with Crippen molar-refractivity contribution in [2.24, 2.45) is 13.0 Å². The fraction of sp³-hybridized carbons (Fsp3) is 0.581. The number of likely N-dealkylation sites (tertiary alicyclic amines) is 1. The molecule has 3 aromatic rings. The summed E-state index contributed by atoms with van der Waals surface area (Å²) in [4.78, 5) is 10.5. The van der Waals surface area contributed by atoms with Gasteiger partial charge in [-0.05, 0) is 99.3 Å². The molecule has 2 unspecified atom stereocenters. The van der Waals surface area contributed by atoms with Gasteiger partial charge in [-0.1, -0.05) is 19.9 Å². The van der Waals surface area contributed by atoms with E-state index >= 15 is 4.39 Å². The van der Waals surface area contributed by atoms with E-state index in [4.69, 9.17) is 4.98 Å². The molecule has 6 rings (SSSR count). The molecule has 0 saturated carbocycles. The lowest BCUT2D eigenvalue weighted by Crippen LogP contribution is -2.52. The van der Waals surface area contributed by atoms with Crippen LogP contribution in [0.1, 0.15) is 63.9 Å². The Labute approximate surface area is 232 Å². The number of sulfone groups is 1. The van der Waals surface area contributed by atoms with Crippen LogP contribution in [0.2, 0.25) is 0 Å². The van der Waals surface area contributed by atoms with Crippen LogP contribution in [0, 0.1) is 11.7 Å². The van der Waals surface area contributed by atoms with Crippen molar-refractivity contribution in [1.82, 2.24) is 19.4 Å². The van der Waals surface area contributed by atoms with Gasteiger partial charge in [0, 0.05) is 43.5 Å². The number of aryl methyl sites for hydroxylation is 1. The number of hydrogen-bond donors (Lipinski definition) is 0. The Bertz CT molecular complexity index is 1440. The third-order valence-corrected chi connectivity index (χ3v) is 10.6. The molecule has 0 amide bonds. The third kappa shape index (κ3) is 5.04. The van der Waals surface area contributed by atoms with Crippen LogP contribution >= 0.6 is 0 Å². The maximum absolute atomic E-state index is 16.0. The molecule has 0 N–H and O–H groups in total. The topological polar surface area (TPSA) is 58.4 Å². The molecule has 1 aromatic heterocycles. The molecule has 39 heavy (non-hydrogen) atoms. The van der Waals surface area contributed by atoms with Crippen molar-refractivity contribution in [3.63, 3.8) is 0 Å². The first-order valence-electron chi connectivity index (χ1n) is 14.5. The molecule has 2 atom stereocenters. The SMILES string of the molecule is CC(C)CN1C2CCC1CC(N1CCC(c3ccc4nc(-c5ccc(S(C)(=O)=O)cc5)n(C)c4c3F)CC1)C2.